The molecular formula is C14H23N3S. The second-order valence-corrected chi connectivity index (χ2v) is 5.23. The van der Waals surface area contributed by atoms with E-state index in [2.05, 4.69) is 36.6 Å². The van der Waals surface area contributed by atoms with Gasteiger partial charge in [0.05, 0.1) is 6.20 Å². The molecule has 1 unspecified atom stereocenters. The Hall–Kier alpha value is -1.03. The molecule has 4 heteroatoms. The van der Waals surface area contributed by atoms with E-state index in [1.807, 2.05) is 19.3 Å². The van der Waals surface area contributed by atoms with Gasteiger partial charge in [0.15, 0.2) is 0 Å². The van der Waals surface area contributed by atoms with Crippen LogP contribution in [0.15, 0.2) is 29.6 Å². The van der Waals surface area contributed by atoms with Gasteiger partial charge in [0.1, 0.15) is 0 Å². The first-order valence-electron chi connectivity index (χ1n) is 6.52. The van der Waals surface area contributed by atoms with Gasteiger partial charge in [-0.05, 0) is 24.8 Å². The van der Waals surface area contributed by atoms with E-state index in [-0.39, 0.29) is 0 Å². The molecule has 0 aliphatic heterocycles. The largest absolute Gasteiger partial charge is 0.276 e. The number of hydrogen-bond acceptors (Lipinski definition) is 3. The quantitative estimate of drug-likeness (QED) is 0.825. The highest BCUT2D eigenvalue weighted by Gasteiger charge is 1.99. The summed E-state index contributed by atoms with van der Waals surface area (Å²) in [5.41, 5.74) is 1.09. The fraction of sp³-hybridized carbons (Fsp3) is 0.571. The standard InChI is InChI=1S/C14H23N3S/c1-4-12(2)6-5-7-13-8-9-17(3)16-11-14(18)10-15-13/h8-12,18H,4-7H2,1-3H3. The van der Waals surface area contributed by atoms with Crippen LogP contribution in [0, 0.1) is 5.92 Å². The summed E-state index contributed by atoms with van der Waals surface area (Å²) in [5, 5.41) is 4.18. The van der Waals surface area contributed by atoms with Crippen LogP contribution in [0.3, 0.4) is 0 Å². The van der Waals surface area contributed by atoms with Gasteiger partial charge in [-0.2, -0.15) is 5.10 Å². The lowest BCUT2D eigenvalue weighted by Crippen LogP contribution is -1.95. The van der Waals surface area contributed by atoms with Gasteiger partial charge >= 0.3 is 0 Å². The molecule has 0 saturated carbocycles. The van der Waals surface area contributed by atoms with Crippen molar-refractivity contribution in [1.82, 2.24) is 14.8 Å². The molecule has 1 heterocycles. The monoisotopic (exact) mass is 265 g/mol. The number of aromatic nitrogens is 3. The third-order valence-electron chi connectivity index (χ3n) is 3.04. The fourth-order valence-electron chi connectivity index (χ4n) is 1.59. The summed E-state index contributed by atoms with van der Waals surface area (Å²) in [6.45, 7) is 4.54. The summed E-state index contributed by atoms with van der Waals surface area (Å²) < 4.78 is 1.76. The Morgan fingerprint density at radius 2 is 2.17 bits per heavy atom. The van der Waals surface area contributed by atoms with Gasteiger partial charge in [0.2, 0.25) is 0 Å². The molecule has 1 atom stereocenters. The number of thiol groups is 1. The number of nitrogens with zero attached hydrogens (tertiary/aromatic N) is 3. The maximum absolute atomic E-state index is 4.45. The minimum Gasteiger partial charge on any atom is -0.276 e. The van der Waals surface area contributed by atoms with Gasteiger partial charge in [-0.3, -0.25) is 9.67 Å². The second-order valence-electron chi connectivity index (χ2n) is 4.71. The van der Waals surface area contributed by atoms with Crippen molar-refractivity contribution in [2.24, 2.45) is 13.0 Å². The molecule has 0 bridgehead atoms. The molecule has 0 fully saturated rings. The predicted molar refractivity (Wildman–Crippen MR) is 78.3 cm³/mol. The van der Waals surface area contributed by atoms with Crippen molar-refractivity contribution in [1.29, 1.82) is 0 Å². The van der Waals surface area contributed by atoms with Crippen molar-refractivity contribution in [2.75, 3.05) is 0 Å². The lowest BCUT2D eigenvalue weighted by atomic mass is 10.0. The minimum atomic E-state index is 0.768. The van der Waals surface area contributed by atoms with E-state index in [4.69, 9.17) is 0 Å². The smallest absolute Gasteiger partial charge is 0.0623 e. The topological polar surface area (TPSA) is 30.7 Å². The summed E-state index contributed by atoms with van der Waals surface area (Å²) in [6.07, 6.45) is 10.1. The molecule has 1 rings (SSSR count). The SMILES string of the molecule is CCC(C)CCCc1ccn(C)ncc(S)cn1. The molecule has 0 amide bonds. The maximum Gasteiger partial charge on any atom is 0.0623 e. The Labute approximate surface area is 115 Å². The van der Waals surface area contributed by atoms with Gasteiger partial charge in [-0.1, -0.05) is 26.7 Å². The highest BCUT2D eigenvalue weighted by Crippen LogP contribution is 2.11. The van der Waals surface area contributed by atoms with E-state index < -0.39 is 0 Å². The van der Waals surface area contributed by atoms with Crippen LogP contribution in [0.5, 0.6) is 0 Å². The van der Waals surface area contributed by atoms with Crippen LogP contribution >= 0.6 is 12.6 Å². The molecule has 0 aromatic carbocycles. The Bertz CT molecular complexity index is 384. The number of aryl methyl sites for hydroxylation is 2. The average molecular weight is 265 g/mol. The van der Waals surface area contributed by atoms with Crippen molar-refractivity contribution in [3.05, 3.63) is 30.4 Å². The van der Waals surface area contributed by atoms with Crippen LogP contribution in [0.25, 0.3) is 0 Å². The third-order valence-corrected chi connectivity index (χ3v) is 3.28. The zero-order valence-electron chi connectivity index (χ0n) is 11.5. The Morgan fingerprint density at radius 1 is 1.39 bits per heavy atom. The van der Waals surface area contributed by atoms with Crippen LogP contribution in [0.2, 0.25) is 0 Å². The minimum absolute atomic E-state index is 0.768. The van der Waals surface area contributed by atoms with Crippen LogP contribution in [0.4, 0.5) is 0 Å². The molecule has 0 aliphatic carbocycles. The van der Waals surface area contributed by atoms with E-state index in [0.717, 1.165) is 22.9 Å². The fourth-order valence-corrected chi connectivity index (χ4v) is 1.70. The molecule has 0 radical (unpaired) electrons. The van der Waals surface area contributed by atoms with Crippen LogP contribution < -0.4 is 0 Å². The molecule has 18 heavy (non-hydrogen) atoms. The first-order chi connectivity index (χ1) is 8.61. The van der Waals surface area contributed by atoms with Gasteiger partial charge in [-0.15, -0.1) is 12.6 Å². The molecule has 0 aliphatic rings. The van der Waals surface area contributed by atoms with Gasteiger partial charge in [0, 0.05) is 30.0 Å². The molecule has 100 valence electrons. The van der Waals surface area contributed by atoms with Crippen molar-refractivity contribution in [2.45, 2.75) is 44.4 Å². The van der Waals surface area contributed by atoms with Crippen molar-refractivity contribution >= 4 is 12.6 Å². The molecule has 0 saturated heterocycles. The van der Waals surface area contributed by atoms with Crippen molar-refractivity contribution in [3.63, 3.8) is 0 Å². The maximum atomic E-state index is 4.45. The van der Waals surface area contributed by atoms with Crippen LogP contribution in [-0.2, 0) is 13.5 Å². The highest BCUT2D eigenvalue weighted by molar-refractivity contribution is 7.80. The summed E-state index contributed by atoms with van der Waals surface area (Å²) in [7, 11) is 1.90. The lowest BCUT2D eigenvalue weighted by molar-refractivity contribution is 0.494. The van der Waals surface area contributed by atoms with Crippen molar-refractivity contribution in [3.8, 4) is 0 Å². The van der Waals surface area contributed by atoms with Gasteiger partial charge in [-0.25, -0.2) is 0 Å². The Morgan fingerprint density at radius 3 is 2.89 bits per heavy atom. The number of rotatable bonds is 5. The van der Waals surface area contributed by atoms with E-state index in [1.54, 1.807) is 17.1 Å². The predicted octanol–water partition coefficient (Wildman–Crippen LogP) is 3.60. The van der Waals surface area contributed by atoms with E-state index in [9.17, 15) is 0 Å². The third kappa shape index (κ3) is 6.05. The molecule has 0 N–H and O–H groups in total. The van der Waals surface area contributed by atoms with Crippen molar-refractivity contribution < 1.29 is 0 Å². The summed E-state index contributed by atoms with van der Waals surface area (Å²) in [4.78, 5) is 5.22. The summed E-state index contributed by atoms with van der Waals surface area (Å²) in [6, 6.07) is 2.02. The normalized spacial score (nSPS) is 12.0. The summed E-state index contributed by atoms with van der Waals surface area (Å²) in [5.74, 6) is 0.799. The average Bonchev–Trinajstić information content (AvgIpc) is 2.44. The molecule has 1 aromatic heterocycles. The van der Waals surface area contributed by atoms with E-state index >= 15 is 0 Å². The molecular weight excluding hydrogens is 242 g/mol. The van der Waals surface area contributed by atoms with Gasteiger partial charge < -0.3 is 0 Å². The molecule has 0 spiro atoms. The zero-order valence-corrected chi connectivity index (χ0v) is 12.4. The second kappa shape index (κ2) is 8.14. The first-order valence-corrected chi connectivity index (χ1v) is 6.97. The van der Waals surface area contributed by atoms with E-state index in [1.165, 1.54) is 19.3 Å². The zero-order chi connectivity index (χ0) is 13.4. The molecule has 1 aromatic rings. The first kappa shape index (κ1) is 15.0. The van der Waals surface area contributed by atoms with Crippen LogP contribution in [-0.4, -0.2) is 14.8 Å². The van der Waals surface area contributed by atoms with Gasteiger partial charge in [0.25, 0.3) is 0 Å². The van der Waals surface area contributed by atoms with Crippen LogP contribution in [0.1, 0.15) is 38.8 Å². The Kier molecular flexibility index (Phi) is 6.80. The number of hydrogen-bond donors (Lipinski definition) is 1. The Balaban J connectivity index is 2.74. The summed E-state index contributed by atoms with van der Waals surface area (Å²) >= 11 is 4.30. The molecule has 3 nitrogen and oxygen atoms in total. The van der Waals surface area contributed by atoms with E-state index in [0.29, 0.717) is 0 Å². The highest BCUT2D eigenvalue weighted by atomic mass is 32.1. The lowest BCUT2D eigenvalue weighted by Gasteiger charge is -2.06.